The number of hydrogen-bond acceptors (Lipinski definition) is 4. The quantitative estimate of drug-likeness (QED) is 0.696. The molecule has 0 fully saturated rings. The number of H-pyrrole nitrogens is 1. The average Bonchev–Trinajstić information content (AvgIpc) is 3.01. The highest BCUT2D eigenvalue weighted by molar-refractivity contribution is 5.93. The van der Waals surface area contributed by atoms with Gasteiger partial charge in [-0.05, 0) is 39.9 Å². The summed E-state index contributed by atoms with van der Waals surface area (Å²) in [5, 5.41) is 17.3. The first-order valence-electron chi connectivity index (χ1n) is 7.03. The second-order valence-corrected chi connectivity index (χ2v) is 5.05. The van der Waals surface area contributed by atoms with Gasteiger partial charge in [0.15, 0.2) is 0 Å². The summed E-state index contributed by atoms with van der Waals surface area (Å²) in [5.41, 5.74) is 4.13. The largest absolute Gasteiger partial charge is 0.351 e. The van der Waals surface area contributed by atoms with Crippen molar-refractivity contribution in [2.24, 2.45) is 7.05 Å². The molecular formula is C14H23ClN6O. The molecule has 2 aromatic rings. The van der Waals surface area contributed by atoms with Gasteiger partial charge in [-0.25, -0.2) is 0 Å². The minimum Gasteiger partial charge on any atom is -0.351 e. The molecule has 2 heterocycles. The van der Waals surface area contributed by atoms with Gasteiger partial charge in [-0.2, -0.15) is 10.2 Å². The van der Waals surface area contributed by atoms with Crippen molar-refractivity contribution in [1.82, 2.24) is 30.6 Å². The molecule has 0 radical (unpaired) electrons. The van der Waals surface area contributed by atoms with Crippen LogP contribution in [0.1, 0.15) is 28.3 Å². The normalized spacial score (nSPS) is 10.4. The third kappa shape index (κ3) is 3.86. The Balaban J connectivity index is 0.00000242. The first-order chi connectivity index (χ1) is 10.0. The summed E-state index contributed by atoms with van der Waals surface area (Å²) in [6, 6.07) is 1.77. The molecule has 22 heavy (non-hydrogen) atoms. The average molecular weight is 327 g/mol. The van der Waals surface area contributed by atoms with E-state index >= 15 is 0 Å². The Labute approximate surface area is 136 Å². The number of aromatic amines is 1. The summed E-state index contributed by atoms with van der Waals surface area (Å²) < 4.78 is 1.82. The number of nitrogens with one attached hydrogen (secondary N) is 3. The van der Waals surface area contributed by atoms with Crippen LogP contribution in [0.15, 0.2) is 6.07 Å². The van der Waals surface area contributed by atoms with E-state index in [4.69, 9.17) is 0 Å². The standard InChI is InChI=1S/C14H22N6O.ClH/c1-9-13(10(2)20(4)19-9)11-8-12(18-17-11)14(21)16-7-5-6-15-3;/h8,15H,5-7H2,1-4H3,(H,16,21)(H,17,18);1H. The molecule has 0 saturated carbocycles. The Morgan fingerprint density at radius 3 is 2.68 bits per heavy atom. The SMILES string of the molecule is CNCCCNC(=O)c1cc(-c2c(C)nn(C)c2C)n[nH]1.Cl. The zero-order chi connectivity index (χ0) is 15.4. The van der Waals surface area contributed by atoms with Gasteiger partial charge in [-0.1, -0.05) is 0 Å². The van der Waals surface area contributed by atoms with Gasteiger partial charge in [0.2, 0.25) is 0 Å². The summed E-state index contributed by atoms with van der Waals surface area (Å²) in [6.45, 7) is 5.44. The van der Waals surface area contributed by atoms with Crippen LogP contribution in [0, 0.1) is 13.8 Å². The fourth-order valence-electron chi connectivity index (χ4n) is 2.27. The van der Waals surface area contributed by atoms with E-state index in [9.17, 15) is 4.79 Å². The first kappa shape index (κ1) is 18.2. The van der Waals surface area contributed by atoms with Crippen LogP contribution in [0.5, 0.6) is 0 Å². The third-order valence-electron chi connectivity index (χ3n) is 3.48. The van der Waals surface area contributed by atoms with Gasteiger partial charge >= 0.3 is 0 Å². The predicted molar refractivity (Wildman–Crippen MR) is 88.4 cm³/mol. The van der Waals surface area contributed by atoms with Gasteiger partial charge in [0.25, 0.3) is 5.91 Å². The van der Waals surface area contributed by atoms with Gasteiger partial charge in [0.1, 0.15) is 5.69 Å². The topological polar surface area (TPSA) is 87.6 Å². The highest BCUT2D eigenvalue weighted by atomic mass is 35.5. The number of aryl methyl sites for hydroxylation is 2. The maximum absolute atomic E-state index is 12.0. The van der Waals surface area contributed by atoms with Gasteiger partial charge in [-0.15, -0.1) is 12.4 Å². The van der Waals surface area contributed by atoms with E-state index < -0.39 is 0 Å². The molecule has 3 N–H and O–H groups in total. The zero-order valence-corrected chi connectivity index (χ0v) is 14.2. The van der Waals surface area contributed by atoms with E-state index in [0.717, 1.165) is 35.6 Å². The fourth-order valence-corrected chi connectivity index (χ4v) is 2.27. The van der Waals surface area contributed by atoms with E-state index in [-0.39, 0.29) is 18.3 Å². The van der Waals surface area contributed by atoms with Crippen molar-refractivity contribution in [2.75, 3.05) is 20.1 Å². The molecule has 0 aliphatic rings. The van der Waals surface area contributed by atoms with Crippen molar-refractivity contribution in [3.05, 3.63) is 23.1 Å². The number of carbonyl (C=O) groups is 1. The highest BCUT2D eigenvalue weighted by Crippen LogP contribution is 2.24. The fraction of sp³-hybridized carbons (Fsp3) is 0.500. The lowest BCUT2D eigenvalue weighted by molar-refractivity contribution is 0.0948. The van der Waals surface area contributed by atoms with E-state index in [1.807, 2.05) is 32.6 Å². The molecule has 0 aromatic carbocycles. The van der Waals surface area contributed by atoms with Crippen molar-refractivity contribution in [1.29, 1.82) is 0 Å². The lowest BCUT2D eigenvalue weighted by Crippen LogP contribution is -2.26. The number of hydrogen-bond donors (Lipinski definition) is 3. The summed E-state index contributed by atoms with van der Waals surface area (Å²) in [7, 11) is 3.79. The molecule has 0 saturated heterocycles. The van der Waals surface area contributed by atoms with Crippen LogP contribution in [-0.2, 0) is 7.05 Å². The number of carbonyl (C=O) groups excluding carboxylic acids is 1. The number of amides is 1. The van der Waals surface area contributed by atoms with Crippen LogP contribution in [0.4, 0.5) is 0 Å². The lowest BCUT2D eigenvalue weighted by Gasteiger charge is -2.02. The van der Waals surface area contributed by atoms with Crippen molar-refractivity contribution in [3.8, 4) is 11.3 Å². The molecule has 122 valence electrons. The second-order valence-electron chi connectivity index (χ2n) is 5.05. The van der Waals surface area contributed by atoms with Crippen LogP contribution in [0.2, 0.25) is 0 Å². The van der Waals surface area contributed by atoms with Crippen molar-refractivity contribution < 1.29 is 4.79 Å². The van der Waals surface area contributed by atoms with Crippen LogP contribution >= 0.6 is 12.4 Å². The molecule has 0 unspecified atom stereocenters. The van der Waals surface area contributed by atoms with E-state index in [0.29, 0.717) is 12.2 Å². The van der Waals surface area contributed by atoms with Crippen LogP contribution < -0.4 is 10.6 Å². The molecule has 1 amide bonds. The molecule has 7 nitrogen and oxygen atoms in total. The summed E-state index contributed by atoms with van der Waals surface area (Å²) in [4.78, 5) is 12.0. The highest BCUT2D eigenvalue weighted by Gasteiger charge is 2.16. The Morgan fingerprint density at radius 2 is 2.09 bits per heavy atom. The number of aromatic nitrogens is 4. The first-order valence-corrected chi connectivity index (χ1v) is 7.03. The monoisotopic (exact) mass is 326 g/mol. The molecule has 0 aliphatic carbocycles. The zero-order valence-electron chi connectivity index (χ0n) is 13.4. The van der Waals surface area contributed by atoms with Crippen molar-refractivity contribution >= 4 is 18.3 Å². The van der Waals surface area contributed by atoms with Gasteiger partial charge in [0, 0.05) is 24.8 Å². The smallest absolute Gasteiger partial charge is 0.269 e. The van der Waals surface area contributed by atoms with Gasteiger partial charge < -0.3 is 10.6 Å². The molecule has 0 aliphatic heterocycles. The molecule has 8 heteroatoms. The van der Waals surface area contributed by atoms with Gasteiger partial charge in [-0.3, -0.25) is 14.6 Å². The van der Waals surface area contributed by atoms with Crippen LogP contribution in [-0.4, -0.2) is 46.0 Å². The van der Waals surface area contributed by atoms with Crippen LogP contribution in [0.3, 0.4) is 0 Å². The van der Waals surface area contributed by atoms with E-state index in [2.05, 4.69) is 25.9 Å². The molecular weight excluding hydrogens is 304 g/mol. The molecule has 0 atom stereocenters. The maximum Gasteiger partial charge on any atom is 0.269 e. The third-order valence-corrected chi connectivity index (χ3v) is 3.48. The predicted octanol–water partition coefficient (Wildman–Crippen LogP) is 1.19. The molecule has 2 rings (SSSR count). The lowest BCUT2D eigenvalue weighted by atomic mass is 10.1. The Bertz CT molecular complexity index is 633. The molecule has 2 aromatic heterocycles. The van der Waals surface area contributed by atoms with Crippen molar-refractivity contribution in [2.45, 2.75) is 20.3 Å². The maximum atomic E-state index is 12.0. The summed E-state index contributed by atoms with van der Waals surface area (Å²) >= 11 is 0. The number of rotatable bonds is 6. The Morgan fingerprint density at radius 1 is 1.36 bits per heavy atom. The van der Waals surface area contributed by atoms with Crippen LogP contribution in [0.25, 0.3) is 11.3 Å². The van der Waals surface area contributed by atoms with Gasteiger partial charge in [0.05, 0.1) is 11.4 Å². The number of nitrogens with zero attached hydrogens (tertiary/aromatic N) is 3. The Hall–Kier alpha value is -1.86. The van der Waals surface area contributed by atoms with E-state index in [1.54, 1.807) is 6.07 Å². The number of halogens is 1. The van der Waals surface area contributed by atoms with E-state index in [1.165, 1.54) is 0 Å². The minimum atomic E-state index is -0.135. The summed E-state index contributed by atoms with van der Waals surface area (Å²) in [5.74, 6) is -0.135. The minimum absolute atomic E-state index is 0. The molecule has 0 spiro atoms. The summed E-state index contributed by atoms with van der Waals surface area (Å²) in [6.07, 6.45) is 0.893. The second kappa shape index (κ2) is 7.95. The van der Waals surface area contributed by atoms with Crippen molar-refractivity contribution in [3.63, 3.8) is 0 Å². The molecule has 0 bridgehead atoms. The Kier molecular flexibility index (Phi) is 6.58.